The lowest BCUT2D eigenvalue weighted by molar-refractivity contribution is 0.304. The minimum absolute atomic E-state index is 0.139. The molecule has 0 bridgehead atoms. The van der Waals surface area contributed by atoms with Gasteiger partial charge in [-0.1, -0.05) is 13.8 Å². The van der Waals surface area contributed by atoms with E-state index >= 15 is 0 Å². The highest BCUT2D eigenvalue weighted by Crippen LogP contribution is 2.12. The van der Waals surface area contributed by atoms with E-state index in [1.54, 1.807) is 19.0 Å². The van der Waals surface area contributed by atoms with Crippen molar-refractivity contribution >= 4 is 9.84 Å². The Labute approximate surface area is 69.3 Å². The highest BCUT2D eigenvalue weighted by molar-refractivity contribution is 7.91. The Morgan fingerprint density at radius 3 is 1.55 bits per heavy atom. The van der Waals surface area contributed by atoms with Gasteiger partial charge in [-0.15, -0.1) is 0 Å². The third-order valence-electron chi connectivity index (χ3n) is 1.52. The van der Waals surface area contributed by atoms with Gasteiger partial charge < -0.3 is 0 Å². The van der Waals surface area contributed by atoms with Gasteiger partial charge in [-0.2, -0.15) is 0 Å². The van der Waals surface area contributed by atoms with Crippen LogP contribution in [0.15, 0.2) is 0 Å². The molecule has 1 atom stereocenters. The lowest BCUT2D eigenvalue weighted by atomic mass is 10.2. The van der Waals surface area contributed by atoms with Crippen molar-refractivity contribution in [1.82, 2.24) is 4.90 Å². The van der Waals surface area contributed by atoms with Crippen LogP contribution in [0.1, 0.15) is 13.8 Å². The van der Waals surface area contributed by atoms with Gasteiger partial charge in [-0.3, -0.25) is 4.90 Å². The molecule has 0 aliphatic rings. The van der Waals surface area contributed by atoms with E-state index in [2.05, 4.69) is 0 Å². The van der Waals surface area contributed by atoms with Crippen LogP contribution in [0, 0.1) is 5.92 Å². The van der Waals surface area contributed by atoms with Crippen molar-refractivity contribution in [3.63, 3.8) is 0 Å². The summed E-state index contributed by atoms with van der Waals surface area (Å²) in [4.78, 5) is 1.74. The number of hydrogen-bond acceptors (Lipinski definition) is 3. The molecule has 0 aromatic heterocycles. The second-order valence-corrected chi connectivity index (χ2v) is 5.57. The average Bonchev–Trinajstić information content (AvgIpc) is 1.54. The number of hydrogen-bond donors (Lipinski definition) is 0. The molecule has 0 saturated heterocycles. The van der Waals surface area contributed by atoms with Crippen LogP contribution in [0.5, 0.6) is 0 Å². The number of sulfone groups is 1. The minimum Gasteiger partial charge on any atom is -0.293 e. The SMILES string of the molecule is CC(C)C(N(C)C)S(C)(=O)=O. The van der Waals surface area contributed by atoms with Crippen molar-refractivity contribution in [2.24, 2.45) is 5.92 Å². The summed E-state index contributed by atoms with van der Waals surface area (Å²) in [5, 5.41) is -0.359. The number of nitrogens with zero attached hydrogens (tertiary/aromatic N) is 1. The van der Waals surface area contributed by atoms with Crippen molar-refractivity contribution in [3.05, 3.63) is 0 Å². The molecule has 0 heterocycles. The summed E-state index contributed by atoms with van der Waals surface area (Å²) in [5.41, 5.74) is 0. The fourth-order valence-corrected chi connectivity index (χ4v) is 3.23. The summed E-state index contributed by atoms with van der Waals surface area (Å²) in [6.45, 7) is 3.82. The molecule has 0 saturated carbocycles. The topological polar surface area (TPSA) is 37.4 Å². The molecule has 4 heteroatoms. The molecule has 68 valence electrons. The molecule has 0 aliphatic carbocycles. The van der Waals surface area contributed by atoms with Crippen molar-refractivity contribution in [3.8, 4) is 0 Å². The van der Waals surface area contributed by atoms with Gasteiger partial charge in [-0.25, -0.2) is 8.42 Å². The summed E-state index contributed by atoms with van der Waals surface area (Å²) in [6.07, 6.45) is 1.28. The van der Waals surface area contributed by atoms with Crippen molar-refractivity contribution in [2.75, 3.05) is 20.4 Å². The maximum absolute atomic E-state index is 11.2. The van der Waals surface area contributed by atoms with Crippen molar-refractivity contribution in [1.29, 1.82) is 0 Å². The Balaban J connectivity index is 4.64. The van der Waals surface area contributed by atoms with Crippen LogP contribution in [-0.4, -0.2) is 39.0 Å². The Hall–Kier alpha value is -0.0900. The molecule has 1 unspecified atom stereocenters. The second-order valence-electron chi connectivity index (χ2n) is 3.43. The maximum Gasteiger partial charge on any atom is 0.163 e. The molecular weight excluding hydrogens is 162 g/mol. The van der Waals surface area contributed by atoms with Crippen LogP contribution in [0.4, 0.5) is 0 Å². The number of rotatable bonds is 3. The van der Waals surface area contributed by atoms with Crippen LogP contribution < -0.4 is 0 Å². The van der Waals surface area contributed by atoms with Crippen LogP contribution in [-0.2, 0) is 9.84 Å². The lowest BCUT2D eigenvalue weighted by Gasteiger charge is -2.25. The van der Waals surface area contributed by atoms with E-state index in [4.69, 9.17) is 0 Å². The van der Waals surface area contributed by atoms with Gasteiger partial charge in [-0.05, 0) is 20.0 Å². The highest BCUT2D eigenvalue weighted by Gasteiger charge is 2.25. The molecule has 0 aliphatic heterocycles. The van der Waals surface area contributed by atoms with Crippen LogP contribution in [0.3, 0.4) is 0 Å². The van der Waals surface area contributed by atoms with Gasteiger partial charge in [0.25, 0.3) is 0 Å². The van der Waals surface area contributed by atoms with E-state index in [1.807, 2.05) is 13.8 Å². The molecule has 0 aromatic carbocycles. The third kappa shape index (κ3) is 3.20. The molecule has 0 aromatic rings. The van der Waals surface area contributed by atoms with Gasteiger partial charge in [0.05, 0.1) is 0 Å². The van der Waals surface area contributed by atoms with Crippen molar-refractivity contribution < 1.29 is 8.42 Å². The van der Waals surface area contributed by atoms with Gasteiger partial charge >= 0.3 is 0 Å². The van der Waals surface area contributed by atoms with E-state index in [0.29, 0.717) is 0 Å². The molecule has 0 fully saturated rings. The Kier molecular flexibility index (Phi) is 3.51. The summed E-state index contributed by atoms with van der Waals surface area (Å²) in [7, 11) is 0.629. The predicted octanol–water partition coefficient (Wildman–Crippen LogP) is 0.575. The molecule has 0 radical (unpaired) electrons. The first kappa shape index (κ1) is 10.9. The molecule has 3 nitrogen and oxygen atoms in total. The van der Waals surface area contributed by atoms with Crippen LogP contribution in [0.25, 0.3) is 0 Å². The summed E-state index contributed by atoms with van der Waals surface area (Å²) in [5.74, 6) is 0.139. The summed E-state index contributed by atoms with van der Waals surface area (Å²) >= 11 is 0. The molecule has 11 heavy (non-hydrogen) atoms. The molecule has 0 N–H and O–H groups in total. The fourth-order valence-electron chi connectivity index (χ4n) is 1.47. The zero-order valence-corrected chi connectivity index (χ0v) is 8.64. The molecule has 0 rings (SSSR count). The zero-order valence-electron chi connectivity index (χ0n) is 7.83. The predicted molar refractivity (Wildman–Crippen MR) is 47.2 cm³/mol. The first-order valence-corrected chi connectivity index (χ1v) is 5.57. The van der Waals surface area contributed by atoms with Crippen LogP contribution in [0.2, 0.25) is 0 Å². The lowest BCUT2D eigenvalue weighted by Crippen LogP contribution is -2.39. The third-order valence-corrected chi connectivity index (χ3v) is 3.36. The normalized spacial score (nSPS) is 15.9. The second kappa shape index (κ2) is 3.54. The first-order chi connectivity index (χ1) is 4.76. The summed E-state index contributed by atoms with van der Waals surface area (Å²) in [6, 6.07) is 0. The van der Waals surface area contributed by atoms with Gasteiger partial charge in [0.15, 0.2) is 9.84 Å². The van der Waals surface area contributed by atoms with E-state index in [0.717, 1.165) is 0 Å². The first-order valence-electron chi connectivity index (χ1n) is 3.62. The van der Waals surface area contributed by atoms with E-state index in [-0.39, 0.29) is 11.3 Å². The molecule has 0 spiro atoms. The Bertz CT molecular complexity index is 198. The average molecular weight is 179 g/mol. The Morgan fingerprint density at radius 2 is 1.55 bits per heavy atom. The highest BCUT2D eigenvalue weighted by atomic mass is 32.2. The zero-order chi connectivity index (χ0) is 9.23. The quantitative estimate of drug-likeness (QED) is 0.636. The Morgan fingerprint density at radius 1 is 1.18 bits per heavy atom. The largest absolute Gasteiger partial charge is 0.293 e. The summed E-state index contributed by atoms with van der Waals surface area (Å²) < 4.78 is 22.3. The standard InChI is InChI=1S/C7H17NO2S/c1-6(2)7(8(3)4)11(5,9)10/h6-7H,1-5H3. The van der Waals surface area contributed by atoms with Gasteiger partial charge in [0.2, 0.25) is 0 Å². The van der Waals surface area contributed by atoms with E-state index < -0.39 is 9.84 Å². The monoisotopic (exact) mass is 179 g/mol. The fraction of sp³-hybridized carbons (Fsp3) is 1.00. The van der Waals surface area contributed by atoms with Crippen LogP contribution >= 0.6 is 0 Å². The van der Waals surface area contributed by atoms with Gasteiger partial charge in [0.1, 0.15) is 5.37 Å². The van der Waals surface area contributed by atoms with E-state index in [9.17, 15) is 8.42 Å². The van der Waals surface area contributed by atoms with E-state index in [1.165, 1.54) is 6.26 Å². The smallest absolute Gasteiger partial charge is 0.163 e. The van der Waals surface area contributed by atoms with Gasteiger partial charge in [0, 0.05) is 6.26 Å². The maximum atomic E-state index is 11.2. The van der Waals surface area contributed by atoms with Crippen molar-refractivity contribution in [2.45, 2.75) is 19.2 Å². The minimum atomic E-state index is -2.94. The molecule has 0 amide bonds. The molecular formula is C7H17NO2S.